The summed E-state index contributed by atoms with van der Waals surface area (Å²) in [5, 5.41) is 22.4. The molecule has 9 heteroatoms. The third-order valence-electron chi connectivity index (χ3n) is 3.81. The van der Waals surface area contributed by atoms with Gasteiger partial charge in [-0.05, 0) is 48.9 Å². The van der Waals surface area contributed by atoms with Gasteiger partial charge in [0.25, 0.3) is 0 Å². The summed E-state index contributed by atoms with van der Waals surface area (Å²) in [4.78, 5) is 12.2. The number of thioether (sulfide) groups is 1. The second-order valence-electron chi connectivity index (χ2n) is 5.83. The first-order valence-electron chi connectivity index (χ1n) is 7.92. The first kappa shape index (κ1) is 19.7. The van der Waals surface area contributed by atoms with Crippen molar-refractivity contribution in [3.63, 3.8) is 0 Å². The predicted octanol–water partition coefficient (Wildman–Crippen LogP) is 4.64. The van der Waals surface area contributed by atoms with Crippen molar-refractivity contribution >= 4 is 50.9 Å². The van der Waals surface area contributed by atoms with Crippen molar-refractivity contribution in [2.45, 2.75) is 12.1 Å². The Balaban J connectivity index is 1.68. The lowest BCUT2D eigenvalue weighted by molar-refractivity contribution is -0.113. The van der Waals surface area contributed by atoms with E-state index in [-0.39, 0.29) is 17.4 Å². The zero-order valence-corrected chi connectivity index (χ0v) is 17.7. The van der Waals surface area contributed by atoms with Gasteiger partial charge in [0.15, 0.2) is 11.0 Å². The molecule has 0 radical (unpaired) electrons. The summed E-state index contributed by atoms with van der Waals surface area (Å²) in [5.74, 6) is 0.653. The summed E-state index contributed by atoms with van der Waals surface area (Å²) in [5.41, 5.74) is 2.15. The fraction of sp³-hybridized carbons (Fsp3) is 0.167. The van der Waals surface area contributed by atoms with Crippen LogP contribution in [0.4, 0.5) is 5.69 Å². The summed E-state index contributed by atoms with van der Waals surface area (Å²) in [6, 6.07) is 10.4. The summed E-state index contributed by atoms with van der Waals surface area (Å²) < 4.78 is 2.57. The minimum Gasteiger partial charge on any atom is -0.507 e. The molecule has 0 aliphatic carbocycles. The molecule has 0 aliphatic rings. The van der Waals surface area contributed by atoms with Crippen molar-refractivity contribution < 1.29 is 9.90 Å². The lowest BCUT2D eigenvalue weighted by atomic mass is 10.2. The van der Waals surface area contributed by atoms with E-state index in [1.165, 1.54) is 11.8 Å². The fourth-order valence-corrected chi connectivity index (χ4v) is 3.60. The van der Waals surface area contributed by atoms with Crippen LogP contribution in [0.5, 0.6) is 5.75 Å². The zero-order valence-electron chi connectivity index (χ0n) is 14.5. The summed E-state index contributed by atoms with van der Waals surface area (Å²) in [7, 11) is 1.79. The molecule has 3 aromatic rings. The lowest BCUT2D eigenvalue weighted by Gasteiger charge is -2.08. The molecule has 6 nitrogen and oxygen atoms in total. The lowest BCUT2D eigenvalue weighted by Crippen LogP contribution is -2.14. The molecule has 0 aliphatic heterocycles. The van der Waals surface area contributed by atoms with Gasteiger partial charge in [-0.25, -0.2) is 0 Å². The number of amides is 1. The molecule has 1 amide bonds. The predicted molar refractivity (Wildman–Crippen MR) is 111 cm³/mol. The number of phenolic OH excluding ortho intramolecular Hbond substituents is 1. The number of rotatable bonds is 5. The molecule has 0 fully saturated rings. The van der Waals surface area contributed by atoms with Gasteiger partial charge in [-0.15, -0.1) is 10.2 Å². The van der Waals surface area contributed by atoms with Crippen LogP contribution >= 0.6 is 39.3 Å². The van der Waals surface area contributed by atoms with Crippen molar-refractivity contribution in [1.82, 2.24) is 14.8 Å². The summed E-state index contributed by atoms with van der Waals surface area (Å²) in [6.45, 7) is 1.88. The van der Waals surface area contributed by atoms with Crippen LogP contribution in [0.15, 0.2) is 46.0 Å². The molecule has 0 atom stereocenters. The molecule has 1 aromatic heterocycles. The number of anilines is 1. The van der Waals surface area contributed by atoms with E-state index in [2.05, 4.69) is 31.4 Å². The van der Waals surface area contributed by atoms with Gasteiger partial charge < -0.3 is 15.0 Å². The van der Waals surface area contributed by atoms with E-state index in [0.717, 1.165) is 10.0 Å². The Morgan fingerprint density at radius 1 is 1.30 bits per heavy atom. The monoisotopic (exact) mass is 466 g/mol. The Morgan fingerprint density at radius 2 is 2.07 bits per heavy atom. The number of halogens is 2. The Morgan fingerprint density at radius 3 is 2.81 bits per heavy atom. The Bertz CT molecular complexity index is 1010. The minimum atomic E-state index is -0.156. The largest absolute Gasteiger partial charge is 0.507 e. The second-order valence-corrected chi connectivity index (χ2v) is 8.09. The third-order valence-corrected chi connectivity index (χ3v) is 5.75. The Labute approximate surface area is 174 Å². The van der Waals surface area contributed by atoms with E-state index in [4.69, 9.17) is 11.6 Å². The highest BCUT2D eigenvalue weighted by atomic mass is 79.9. The molecule has 0 spiro atoms. The van der Waals surface area contributed by atoms with E-state index in [1.807, 2.05) is 13.0 Å². The van der Waals surface area contributed by atoms with Crippen LogP contribution in [0, 0.1) is 6.92 Å². The molecular weight excluding hydrogens is 452 g/mol. The zero-order chi connectivity index (χ0) is 19.6. The summed E-state index contributed by atoms with van der Waals surface area (Å²) in [6.07, 6.45) is 0. The van der Waals surface area contributed by atoms with Gasteiger partial charge in [-0.3, -0.25) is 4.79 Å². The molecule has 1 heterocycles. The number of aromatic nitrogens is 3. The van der Waals surface area contributed by atoms with Gasteiger partial charge in [0.1, 0.15) is 5.75 Å². The topological polar surface area (TPSA) is 80.0 Å². The maximum absolute atomic E-state index is 12.2. The summed E-state index contributed by atoms with van der Waals surface area (Å²) >= 11 is 10.6. The van der Waals surface area contributed by atoms with Crippen molar-refractivity contribution in [3.05, 3.63) is 51.5 Å². The van der Waals surface area contributed by atoms with Gasteiger partial charge >= 0.3 is 0 Å². The van der Waals surface area contributed by atoms with Gasteiger partial charge in [0, 0.05) is 22.2 Å². The quantitative estimate of drug-likeness (QED) is 0.534. The van der Waals surface area contributed by atoms with E-state index in [1.54, 1.807) is 41.9 Å². The molecule has 0 saturated heterocycles. The van der Waals surface area contributed by atoms with E-state index < -0.39 is 0 Å². The molecule has 27 heavy (non-hydrogen) atoms. The molecular formula is C18H16BrClN4O2S. The first-order valence-corrected chi connectivity index (χ1v) is 10.1. The van der Waals surface area contributed by atoms with Gasteiger partial charge in [-0.1, -0.05) is 39.3 Å². The van der Waals surface area contributed by atoms with Crippen LogP contribution in [0.3, 0.4) is 0 Å². The van der Waals surface area contributed by atoms with Crippen LogP contribution in [-0.2, 0) is 11.8 Å². The number of phenols is 1. The Hall–Kier alpha value is -2.03. The number of aryl methyl sites for hydroxylation is 1. The molecule has 0 unspecified atom stereocenters. The van der Waals surface area contributed by atoms with Crippen LogP contribution in [0.2, 0.25) is 5.02 Å². The van der Waals surface area contributed by atoms with E-state index >= 15 is 0 Å². The normalized spacial score (nSPS) is 10.8. The van der Waals surface area contributed by atoms with Crippen molar-refractivity contribution in [2.75, 3.05) is 11.1 Å². The molecule has 2 aromatic carbocycles. The van der Waals surface area contributed by atoms with Crippen molar-refractivity contribution in [3.8, 4) is 17.1 Å². The molecule has 0 saturated carbocycles. The van der Waals surface area contributed by atoms with Crippen LogP contribution in [0.25, 0.3) is 11.4 Å². The van der Waals surface area contributed by atoms with Crippen molar-refractivity contribution in [1.29, 1.82) is 0 Å². The highest BCUT2D eigenvalue weighted by Gasteiger charge is 2.16. The maximum Gasteiger partial charge on any atom is 0.234 e. The van der Waals surface area contributed by atoms with E-state index in [0.29, 0.717) is 27.3 Å². The standard InChI is InChI=1S/C18H16BrClN4O2S/c1-10-7-12(4-5-14(10)20)21-16(26)9-27-18-23-22-17(24(18)2)13-8-11(19)3-6-15(13)25/h3-8,25H,9H2,1-2H3,(H,21,26). The molecule has 2 N–H and O–H groups in total. The van der Waals surface area contributed by atoms with Gasteiger partial charge in [0.05, 0.1) is 11.3 Å². The number of aromatic hydroxyl groups is 1. The fourth-order valence-electron chi connectivity index (χ4n) is 2.41. The van der Waals surface area contributed by atoms with Gasteiger partial charge in [0.2, 0.25) is 5.91 Å². The molecule has 0 bridgehead atoms. The highest BCUT2D eigenvalue weighted by Crippen LogP contribution is 2.32. The molecule has 3 rings (SSSR count). The highest BCUT2D eigenvalue weighted by molar-refractivity contribution is 9.10. The average molecular weight is 468 g/mol. The number of hydrogen-bond donors (Lipinski definition) is 2. The number of hydrogen-bond acceptors (Lipinski definition) is 5. The maximum atomic E-state index is 12.2. The number of nitrogens with one attached hydrogen (secondary N) is 1. The molecule has 140 valence electrons. The van der Waals surface area contributed by atoms with Crippen LogP contribution < -0.4 is 5.32 Å². The second kappa shape index (κ2) is 8.33. The third kappa shape index (κ3) is 4.63. The number of carbonyl (C=O) groups is 1. The average Bonchev–Trinajstić information content (AvgIpc) is 2.99. The van der Waals surface area contributed by atoms with Gasteiger partial charge in [-0.2, -0.15) is 0 Å². The SMILES string of the molecule is Cc1cc(NC(=O)CSc2nnc(-c3cc(Br)ccc3O)n2C)ccc1Cl. The van der Waals surface area contributed by atoms with E-state index in [9.17, 15) is 9.90 Å². The van der Waals surface area contributed by atoms with Crippen LogP contribution in [-0.4, -0.2) is 31.5 Å². The number of benzene rings is 2. The number of nitrogens with zero attached hydrogens (tertiary/aromatic N) is 3. The number of carbonyl (C=O) groups excluding carboxylic acids is 1. The van der Waals surface area contributed by atoms with Crippen LogP contribution in [0.1, 0.15) is 5.56 Å². The smallest absolute Gasteiger partial charge is 0.234 e. The van der Waals surface area contributed by atoms with Crippen molar-refractivity contribution in [2.24, 2.45) is 7.05 Å². The minimum absolute atomic E-state index is 0.112. The Kier molecular flexibility index (Phi) is 6.08. The first-order chi connectivity index (χ1) is 12.8.